The summed E-state index contributed by atoms with van der Waals surface area (Å²) in [6.45, 7) is 0. The SMILES string of the molecule is O=[N+]([O-])c1ccc(NC2CC3CC=CC32)c(F)c1. The molecule has 3 atom stereocenters. The summed E-state index contributed by atoms with van der Waals surface area (Å²) in [7, 11) is 0. The van der Waals surface area contributed by atoms with Crippen molar-refractivity contribution in [3.8, 4) is 0 Å². The van der Waals surface area contributed by atoms with E-state index in [-0.39, 0.29) is 11.7 Å². The first kappa shape index (κ1) is 11.2. The summed E-state index contributed by atoms with van der Waals surface area (Å²) in [6.07, 6.45) is 6.50. The molecule has 2 aliphatic rings. The summed E-state index contributed by atoms with van der Waals surface area (Å²) < 4.78 is 13.7. The molecule has 1 aromatic carbocycles. The first-order valence-electron chi connectivity index (χ1n) is 6.02. The molecule has 5 heteroatoms. The lowest BCUT2D eigenvalue weighted by atomic mass is 9.71. The van der Waals surface area contributed by atoms with E-state index < -0.39 is 10.7 Å². The van der Waals surface area contributed by atoms with Gasteiger partial charge in [0.25, 0.3) is 5.69 Å². The van der Waals surface area contributed by atoms with Crippen LogP contribution in [0.25, 0.3) is 0 Å². The Morgan fingerprint density at radius 1 is 1.44 bits per heavy atom. The molecule has 0 bridgehead atoms. The van der Waals surface area contributed by atoms with Gasteiger partial charge in [-0.25, -0.2) is 4.39 Å². The van der Waals surface area contributed by atoms with Gasteiger partial charge >= 0.3 is 0 Å². The maximum absolute atomic E-state index is 13.7. The second-order valence-corrected chi connectivity index (χ2v) is 4.91. The Balaban J connectivity index is 1.73. The summed E-state index contributed by atoms with van der Waals surface area (Å²) in [5, 5.41) is 13.6. The van der Waals surface area contributed by atoms with Crippen molar-refractivity contribution in [2.24, 2.45) is 11.8 Å². The molecule has 0 saturated heterocycles. The summed E-state index contributed by atoms with van der Waals surface area (Å²) in [6, 6.07) is 3.98. The van der Waals surface area contributed by atoms with E-state index in [1.165, 1.54) is 12.1 Å². The van der Waals surface area contributed by atoms with Crippen LogP contribution in [0.1, 0.15) is 12.8 Å². The quantitative estimate of drug-likeness (QED) is 0.508. The monoisotopic (exact) mass is 248 g/mol. The number of hydrogen-bond acceptors (Lipinski definition) is 3. The topological polar surface area (TPSA) is 55.2 Å². The number of non-ortho nitro benzene ring substituents is 1. The smallest absolute Gasteiger partial charge is 0.272 e. The fourth-order valence-corrected chi connectivity index (χ4v) is 2.82. The number of anilines is 1. The van der Waals surface area contributed by atoms with Crippen molar-refractivity contribution in [2.75, 3.05) is 5.32 Å². The zero-order valence-electron chi connectivity index (χ0n) is 9.67. The number of nitrogens with one attached hydrogen (secondary N) is 1. The molecule has 0 amide bonds. The van der Waals surface area contributed by atoms with Crippen LogP contribution in [0, 0.1) is 27.8 Å². The second-order valence-electron chi connectivity index (χ2n) is 4.91. The predicted molar refractivity (Wildman–Crippen MR) is 65.8 cm³/mol. The van der Waals surface area contributed by atoms with E-state index in [2.05, 4.69) is 17.5 Å². The lowest BCUT2D eigenvalue weighted by molar-refractivity contribution is -0.385. The van der Waals surface area contributed by atoms with Gasteiger partial charge in [-0.2, -0.15) is 0 Å². The van der Waals surface area contributed by atoms with E-state index in [9.17, 15) is 14.5 Å². The molecule has 0 aromatic heterocycles. The van der Waals surface area contributed by atoms with Gasteiger partial charge in [0.15, 0.2) is 5.82 Å². The third kappa shape index (κ3) is 1.75. The van der Waals surface area contributed by atoms with Crippen LogP contribution < -0.4 is 5.32 Å². The molecule has 0 heterocycles. The molecule has 0 spiro atoms. The largest absolute Gasteiger partial charge is 0.379 e. The Morgan fingerprint density at radius 3 is 2.94 bits per heavy atom. The highest BCUT2D eigenvalue weighted by atomic mass is 19.1. The lowest BCUT2D eigenvalue weighted by Gasteiger charge is -2.41. The summed E-state index contributed by atoms with van der Waals surface area (Å²) in [5.41, 5.74) is 0.134. The molecule has 0 radical (unpaired) electrons. The number of fused-ring (bicyclic) bond motifs is 1. The highest BCUT2D eigenvalue weighted by Gasteiger charge is 2.41. The minimum Gasteiger partial charge on any atom is -0.379 e. The van der Waals surface area contributed by atoms with Crippen molar-refractivity contribution in [2.45, 2.75) is 18.9 Å². The van der Waals surface area contributed by atoms with Crippen LogP contribution in [0.5, 0.6) is 0 Å². The Labute approximate surface area is 104 Å². The fraction of sp³-hybridized carbons (Fsp3) is 0.385. The van der Waals surface area contributed by atoms with Crippen LogP contribution in [0.3, 0.4) is 0 Å². The molecular weight excluding hydrogens is 235 g/mol. The minimum atomic E-state index is -0.591. The van der Waals surface area contributed by atoms with Gasteiger partial charge in [-0.3, -0.25) is 10.1 Å². The summed E-state index contributed by atoms with van der Waals surface area (Å²) >= 11 is 0. The zero-order valence-corrected chi connectivity index (χ0v) is 9.67. The number of nitro benzene ring substituents is 1. The van der Waals surface area contributed by atoms with Crippen LogP contribution in [-0.4, -0.2) is 11.0 Å². The van der Waals surface area contributed by atoms with E-state index in [4.69, 9.17) is 0 Å². The first-order chi connectivity index (χ1) is 8.65. The van der Waals surface area contributed by atoms with E-state index in [1.54, 1.807) is 0 Å². The number of hydrogen-bond donors (Lipinski definition) is 1. The molecule has 1 N–H and O–H groups in total. The Hall–Kier alpha value is -1.91. The Kier molecular flexibility index (Phi) is 2.54. The molecule has 0 aliphatic heterocycles. The molecule has 94 valence electrons. The molecule has 1 fully saturated rings. The Morgan fingerprint density at radius 2 is 2.28 bits per heavy atom. The maximum Gasteiger partial charge on any atom is 0.272 e. The highest BCUT2D eigenvalue weighted by Crippen LogP contribution is 2.44. The maximum atomic E-state index is 13.7. The predicted octanol–water partition coefficient (Wildman–Crippen LogP) is 3.11. The number of benzene rings is 1. The van der Waals surface area contributed by atoms with Gasteiger partial charge < -0.3 is 5.32 Å². The average molecular weight is 248 g/mol. The fourth-order valence-electron chi connectivity index (χ4n) is 2.82. The van der Waals surface area contributed by atoms with E-state index >= 15 is 0 Å². The summed E-state index contributed by atoms with van der Waals surface area (Å²) in [4.78, 5) is 9.92. The lowest BCUT2D eigenvalue weighted by Crippen LogP contribution is -2.43. The van der Waals surface area contributed by atoms with Gasteiger partial charge in [0.05, 0.1) is 16.7 Å². The third-order valence-corrected chi connectivity index (χ3v) is 3.87. The Bertz CT molecular complexity index is 530. The molecule has 3 rings (SSSR count). The average Bonchev–Trinajstić information content (AvgIpc) is 2.69. The van der Waals surface area contributed by atoms with Gasteiger partial charge in [-0.1, -0.05) is 12.2 Å². The first-order valence-corrected chi connectivity index (χ1v) is 6.02. The zero-order chi connectivity index (χ0) is 12.7. The molecule has 1 saturated carbocycles. The van der Waals surface area contributed by atoms with Crippen LogP contribution in [0.15, 0.2) is 30.4 Å². The standard InChI is InChI=1S/C13H13FN2O2/c14-11-7-9(16(17)18)4-5-12(11)15-13-6-8-2-1-3-10(8)13/h1,3-5,7-8,10,13,15H,2,6H2. The van der Waals surface area contributed by atoms with Gasteiger partial charge in [0, 0.05) is 18.0 Å². The molecule has 4 nitrogen and oxygen atoms in total. The van der Waals surface area contributed by atoms with E-state index in [1.807, 2.05) is 0 Å². The number of nitrogens with zero attached hydrogens (tertiary/aromatic N) is 1. The van der Waals surface area contributed by atoms with Gasteiger partial charge in [0.2, 0.25) is 0 Å². The third-order valence-electron chi connectivity index (χ3n) is 3.87. The van der Waals surface area contributed by atoms with E-state index in [0.29, 0.717) is 17.5 Å². The number of nitro groups is 1. The van der Waals surface area contributed by atoms with Gasteiger partial charge in [-0.15, -0.1) is 0 Å². The number of halogens is 1. The highest BCUT2D eigenvalue weighted by molar-refractivity contribution is 5.51. The van der Waals surface area contributed by atoms with E-state index in [0.717, 1.165) is 18.9 Å². The minimum absolute atomic E-state index is 0.217. The van der Waals surface area contributed by atoms with Crippen molar-refractivity contribution in [3.63, 3.8) is 0 Å². The second kappa shape index (κ2) is 4.08. The van der Waals surface area contributed by atoms with Crippen molar-refractivity contribution in [3.05, 3.63) is 46.3 Å². The van der Waals surface area contributed by atoms with Crippen LogP contribution in [-0.2, 0) is 0 Å². The van der Waals surface area contributed by atoms with Crippen molar-refractivity contribution >= 4 is 11.4 Å². The number of rotatable bonds is 3. The normalized spacial score (nSPS) is 28.6. The molecule has 2 aliphatic carbocycles. The molecule has 1 aromatic rings. The molecule has 3 unspecified atom stereocenters. The summed E-state index contributed by atoms with van der Waals surface area (Å²) in [5.74, 6) is 0.623. The molecule has 18 heavy (non-hydrogen) atoms. The van der Waals surface area contributed by atoms with Gasteiger partial charge in [0.1, 0.15) is 0 Å². The van der Waals surface area contributed by atoms with Crippen molar-refractivity contribution < 1.29 is 9.31 Å². The van der Waals surface area contributed by atoms with Crippen LogP contribution in [0.2, 0.25) is 0 Å². The van der Waals surface area contributed by atoms with Gasteiger partial charge in [-0.05, 0) is 24.8 Å². The van der Waals surface area contributed by atoms with Crippen LogP contribution >= 0.6 is 0 Å². The van der Waals surface area contributed by atoms with Crippen molar-refractivity contribution in [1.29, 1.82) is 0 Å². The van der Waals surface area contributed by atoms with Crippen molar-refractivity contribution in [1.82, 2.24) is 0 Å². The number of allylic oxidation sites excluding steroid dienone is 1. The van der Waals surface area contributed by atoms with Crippen LogP contribution in [0.4, 0.5) is 15.8 Å². The molecular formula is C13H13FN2O2.